The molecule has 1 heterocycles. The zero-order chi connectivity index (χ0) is 14.0. The van der Waals surface area contributed by atoms with E-state index in [0.29, 0.717) is 13.0 Å². The summed E-state index contributed by atoms with van der Waals surface area (Å²) in [5.41, 5.74) is 0.457. The molecule has 19 heavy (non-hydrogen) atoms. The summed E-state index contributed by atoms with van der Waals surface area (Å²) in [6, 6.07) is 0. The number of carbonyl (C=O) groups excluding carboxylic acids is 1. The summed E-state index contributed by atoms with van der Waals surface area (Å²) in [6.07, 6.45) is 5.32. The third-order valence-corrected chi connectivity index (χ3v) is 3.41. The average Bonchev–Trinajstić information content (AvgIpc) is 3.17. The monoisotopic (exact) mass is 263 g/mol. The molecule has 2 atom stereocenters. The van der Waals surface area contributed by atoms with E-state index in [0.717, 1.165) is 5.69 Å². The van der Waals surface area contributed by atoms with Crippen LogP contribution in [0.25, 0.3) is 0 Å². The Morgan fingerprint density at radius 3 is 2.68 bits per heavy atom. The standard InChI is InChI=1S/C13H17N3O3/c1-13(2,10-6-14-3-4-15-10)7-16-11(17)8-5-9(8)12(18)19/h3-4,6,8-9H,5,7H2,1-2H3,(H,16,17)(H,18,19)/t8-,9-/m1/s1. The van der Waals surface area contributed by atoms with Gasteiger partial charge in [0.05, 0.1) is 17.5 Å². The van der Waals surface area contributed by atoms with Crippen molar-refractivity contribution < 1.29 is 14.7 Å². The van der Waals surface area contributed by atoms with Crippen LogP contribution in [0.5, 0.6) is 0 Å². The van der Waals surface area contributed by atoms with E-state index in [1.165, 1.54) is 0 Å². The Morgan fingerprint density at radius 1 is 1.42 bits per heavy atom. The number of nitrogens with zero attached hydrogens (tertiary/aromatic N) is 2. The lowest BCUT2D eigenvalue weighted by molar-refractivity contribution is -0.140. The highest BCUT2D eigenvalue weighted by molar-refractivity contribution is 5.89. The number of carboxylic acid groups (broad SMARTS) is 1. The Morgan fingerprint density at radius 2 is 2.16 bits per heavy atom. The average molecular weight is 263 g/mol. The zero-order valence-electron chi connectivity index (χ0n) is 11.0. The highest BCUT2D eigenvalue weighted by atomic mass is 16.4. The Hall–Kier alpha value is -1.98. The van der Waals surface area contributed by atoms with Crippen molar-refractivity contribution in [1.29, 1.82) is 0 Å². The third kappa shape index (κ3) is 3.07. The lowest BCUT2D eigenvalue weighted by atomic mass is 9.89. The lowest BCUT2D eigenvalue weighted by Gasteiger charge is -2.23. The molecule has 0 unspecified atom stereocenters. The van der Waals surface area contributed by atoms with Crippen LogP contribution in [0.15, 0.2) is 18.6 Å². The lowest BCUT2D eigenvalue weighted by Crippen LogP contribution is -2.38. The van der Waals surface area contributed by atoms with Crippen LogP contribution in [-0.2, 0) is 15.0 Å². The van der Waals surface area contributed by atoms with Gasteiger partial charge in [-0.25, -0.2) is 0 Å². The van der Waals surface area contributed by atoms with Crippen molar-refractivity contribution in [3.63, 3.8) is 0 Å². The van der Waals surface area contributed by atoms with Crippen molar-refractivity contribution in [2.45, 2.75) is 25.7 Å². The molecule has 1 aliphatic rings. The molecule has 0 aliphatic heterocycles. The predicted octanol–water partition coefficient (Wildman–Crippen LogP) is 0.591. The van der Waals surface area contributed by atoms with Gasteiger partial charge in [-0.05, 0) is 6.42 Å². The molecule has 0 spiro atoms. The quantitative estimate of drug-likeness (QED) is 0.811. The van der Waals surface area contributed by atoms with Crippen LogP contribution >= 0.6 is 0 Å². The molecule has 2 N–H and O–H groups in total. The largest absolute Gasteiger partial charge is 0.481 e. The predicted molar refractivity (Wildman–Crippen MR) is 67.3 cm³/mol. The highest BCUT2D eigenvalue weighted by Crippen LogP contribution is 2.38. The first-order valence-corrected chi connectivity index (χ1v) is 6.19. The number of carbonyl (C=O) groups is 2. The Balaban J connectivity index is 1.89. The third-order valence-electron chi connectivity index (χ3n) is 3.41. The zero-order valence-corrected chi connectivity index (χ0v) is 11.0. The molecule has 1 aromatic heterocycles. The molecule has 1 aliphatic carbocycles. The molecule has 1 saturated carbocycles. The maximum absolute atomic E-state index is 11.8. The molecular formula is C13H17N3O3. The topological polar surface area (TPSA) is 92.2 Å². The summed E-state index contributed by atoms with van der Waals surface area (Å²) in [5.74, 6) is -1.98. The van der Waals surface area contributed by atoms with Crippen molar-refractivity contribution >= 4 is 11.9 Å². The second-order valence-corrected chi connectivity index (χ2v) is 5.48. The van der Waals surface area contributed by atoms with Crippen LogP contribution < -0.4 is 5.32 Å². The minimum atomic E-state index is -0.895. The fourth-order valence-electron chi connectivity index (χ4n) is 1.94. The van der Waals surface area contributed by atoms with E-state index in [1.54, 1.807) is 18.6 Å². The summed E-state index contributed by atoms with van der Waals surface area (Å²) in [5, 5.41) is 11.6. The van der Waals surface area contributed by atoms with Gasteiger partial charge >= 0.3 is 5.97 Å². The van der Waals surface area contributed by atoms with Gasteiger partial charge in [0, 0.05) is 30.6 Å². The fourth-order valence-corrected chi connectivity index (χ4v) is 1.94. The van der Waals surface area contributed by atoms with Crippen LogP contribution in [0.4, 0.5) is 0 Å². The Labute approximate surface area is 111 Å². The van der Waals surface area contributed by atoms with Crippen LogP contribution in [-0.4, -0.2) is 33.5 Å². The van der Waals surface area contributed by atoms with Gasteiger partial charge < -0.3 is 10.4 Å². The van der Waals surface area contributed by atoms with E-state index in [1.807, 2.05) is 13.8 Å². The van der Waals surface area contributed by atoms with Crippen molar-refractivity contribution in [2.24, 2.45) is 11.8 Å². The van der Waals surface area contributed by atoms with Crippen molar-refractivity contribution in [3.05, 3.63) is 24.3 Å². The maximum Gasteiger partial charge on any atom is 0.307 e. The van der Waals surface area contributed by atoms with E-state index < -0.39 is 11.9 Å². The van der Waals surface area contributed by atoms with Gasteiger partial charge in [-0.1, -0.05) is 13.8 Å². The normalized spacial score (nSPS) is 21.8. The molecule has 0 bridgehead atoms. The summed E-state index contributed by atoms with van der Waals surface area (Å²) in [6.45, 7) is 4.32. The second-order valence-electron chi connectivity index (χ2n) is 5.48. The maximum atomic E-state index is 11.8. The smallest absolute Gasteiger partial charge is 0.307 e. The molecule has 0 saturated heterocycles. The number of amides is 1. The summed E-state index contributed by atoms with van der Waals surface area (Å²) >= 11 is 0. The number of aliphatic carboxylic acids is 1. The summed E-state index contributed by atoms with van der Waals surface area (Å²) in [7, 11) is 0. The number of aromatic nitrogens is 2. The first-order valence-electron chi connectivity index (χ1n) is 6.19. The molecule has 6 nitrogen and oxygen atoms in total. The molecule has 6 heteroatoms. The van der Waals surface area contributed by atoms with Gasteiger partial charge in [-0.15, -0.1) is 0 Å². The molecule has 102 valence electrons. The van der Waals surface area contributed by atoms with Crippen LogP contribution in [0.2, 0.25) is 0 Å². The van der Waals surface area contributed by atoms with E-state index >= 15 is 0 Å². The molecule has 1 aromatic rings. The van der Waals surface area contributed by atoms with Gasteiger partial charge in [0.25, 0.3) is 0 Å². The van der Waals surface area contributed by atoms with Gasteiger partial charge in [-0.2, -0.15) is 0 Å². The molecule has 1 amide bonds. The van der Waals surface area contributed by atoms with Crippen molar-refractivity contribution in [2.75, 3.05) is 6.54 Å². The molecule has 1 fully saturated rings. The molecule has 0 aromatic carbocycles. The number of hydrogen-bond donors (Lipinski definition) is 2. The minimum Gasteiger partial charge on any atom is -0.481 e. The van der Waals surface area contributed by atoms with E-state index in [2.05, 4.69) is 15.3 Å². The van der Waals surface area contributed by atoms with Gasteiger partial charge in [-0.3, -0.25) is 19.6 Å². The van der Waals surface area contributed by atoms with Crippen LogP contribution in [0.3, 0.4) is 0 Å². The second kappa shape index (κ2) is 4.95. The number of carboxylic acids is 1. The Bertz CT molecular complexity index is 487. The summed E-state index contributed by atoms with van der Waals surface area (Å²) in [4.78, 5) is 30.7. The molecule has 2 rings (SSSR count). The first-order chi connectivity index (χ1) is 8.92. The van der Waals surface area contributed by atoms with Crippen LogP contribution in [0.1, 0.15) is 26.0 Å². The first kappa shape index (κ1) is 13.5. The number of nitrogens with one attached hydrogen (secondary N) is 1. The van der Waals surface area contributed by atoms with Crippen molar-refractivity contribution in [3.8, 4) is 0 Å². The minimum absolute atomic E-state index is 0.190. The van der Waals surface area contributed by atoms with Gasteiger partial charge in [0.2, 0.25) is 5.91 Å². The fraction of sp³-hybridized carbons (Fsp3) is 0.538. The highest BCUT2D eigenvalue weighted by Gasteiger charge is 2.48. The van der Waals surface area contributed by atoms with E-state index in [-0.39, 0.29) is 17.2 Å². The molecule has 0 radical (unpaired) electrons. The van der Waals surface area contributed by atoms with E-state index in [4.69, 9.17) is 5.11 Å². The van der Waals surface area contributed by atoms with Crippen molar-refractivity contribution in [1.82, 2.24) is 15.3 Å². The number of rotatable bonds is 5. The van der Waals surface area contributed by atoms with Crippen LogP contribution in [0, 0.1) is 11.8 Å². The van der Waals surface area contributed by atoms with Gasteiger partial charge in [0.15, 0.2) is 0 Å². The SMILES string of the molecule is CC(C)(CNC(=O)[C@@H]1C[C@H]1C(=O)O)c1cnccn1. The Kier molecular flexibility index (Phi) is 3.50. The molecular weight excluding hydrogens is 246 g/mol. The van der Waals surface area contributed by atoms with Gasteiger partial charge in [0.1, 0.15) is 0 Å². The summed E-state index contributed by atoms with van der Waals surface area (Å²) < 4.78 is 0. The number of hydrogen-bond acceptors (Lipinski definition) is 4. The van der Waals surface area contributed by atoms with E-state index in [9.17, 15) is 9.59 Å².